The summed E-state index contributed by atoms with van der Waals surface area (Å²) in [6.07, 6.45) is -17.5. The van der Waals surface area contributed by atoms with E-state index in [4.69, 9.17) is 0 Å². The van der Waals surface area contributed by atoms with E-state index in [1.165, 1.54) is 0 Å². The highest BCUT2D eigenvalue weighted by atomic mass is 19.4. The first-order valence-corrected chi connectivity index (χ1v) is 6.43. The molecule has 0 saturated heterocycles. The molecule has 0 aromatic carbocycles. The van der Waals surface area contributed by atoms with E-state index in [1.807, 2.05) is 0 Å². The second-order valence-electron chi connectivity index (χ2n) is 4.44. The van der Waals surface area contributed by atoms with E-state index >= 15 is 0 Å². The third kappa shape index (κ3) is 12.2. The molecule has 0 aliphatic rings. The third-order valence-electron chi connectivity index (χ3n) is 2.22. The van der Waals surface area contributed by atoms with Gasteiger partial charge >= 0.3 is 12.5 Å². The minimum atomic E-state index is -5.49. The largest absolute Gasteiger partial charge is 0.522 e. The molecule has 2 unspecified atom stereocenters. The number of hydrogen-bond acceptors (Lipinski definition) is 4. The molecular formula is C11H14F10O4. The van der Waals surface area contributed by atoms with E-state index < -0.39 is 70.6 Å². The molecule has 0 aromatic heterocycles. The summed E-state index contributed by atoms with van der Waals surface area (Å²) in [6, 6.07) is 0. The highest BCUT2D eigenvalue weighted by Crippen LogP contribution is 2.30. The Morgan fingerprint density at radius 2 is 1.36 bits per heavy atom. The smallest absolute Gasteiger partial charge is 0.373 e. The lowest BCUT2D eigenvalue weighted by Crippen LogP contribution is -2.48. The van der Waals surface area contributed by atoms with Crippen molar-refractivity contribution in [3.8, 4) is 0 Å². The lowest BCUT2D eigenvalue weighted by Gasteiger charge is -2.31. The SMILES string of the molecule is FCCOCC(F)(COCC(F)F)OC(COC(F)(F)F)C(F)(F)F. The lowest BCUT2D eigenvalue weighted by atomic mass is 10.3. The van der Waals surface area contributed by atoms with Crippen molar-refractivity contribution < 1.29 is 62.9 Å². The van der Waals surface area contributed by atoms with E-state index in [0.29, 0.717) is 0 Å². The maximum absolute atomic E-state index is 14.3. The Bertz CT molecular complexity index is 362. The molecule has 0 saturated carbocycles. The van der Waals surface area contributed by atoms with Gasteiger partial charge in [-0.1, -0.05) is 0 Å². The number of rotatable bonds is 12. The first-order chi connectivity index (χ1) is 11.3. The monoisotopic (exact) mass is 400 g/mol. The summed E-state index contributed by atoms with van der Waals surface area (Å²) in [6.45, 7) is -8.40. The number of halogens is 10. The van der Waals surface area contributed by atoms with Gasteiger partial charge in [0.15, 0.2) is 6.10 Å². The fourth-order valence-electron chi connectivity index (χ4n) is 1.31. The van der Waals surface area contributed by atoms with Gasteiger partial charge in [0, 0.05) is 0 Å². The van der Waals surface area contributed by atoms with Crippen LogP contribution < -0.4 is 0 Å². The molecule has 2 atom stereocenters. The second kappa shape index (κ2) is 10.3. The van der Waals surface area contributed by atoms with E-state index in [-0.39, 0.29) is 0 Å². The molecule has 0 heterocycles. The molecule has 0 fully saturated rings. The van der Waals surface area contributed by atoms with E-state index in [1.54, 1.807) is 0 Å². The standard InChI is InChI=1S/C11H14F10O4/c12-1-2-22-5-9(15,6-23-4-8(13)14)25-7(10(16,17)18)3-24-11(19,20)21/h7-8H,1-6H2. The highest BCUT2D eigenvalue weighted by Gasteiger charge is 2.49. The second-order valence-corrected chi connectivity index (χ2v) is 4.44. The van der Waals surface area contributed by atoms with E-state index in [2.05, 4.69) is 18.9 Å². The van der Waals surface area contributed by atoms with Crippen LogP contribution in [0.5, 0.6) is 0 Å². The summed E-state index contributed by atoms with van der Waals surface area (Å²) in [4.78, 5) is 0. The first-order valence-electron chi connectivity index (χ1n) is 6.43. The van der Waals surface area contributed by atoms with Gasteiger partial charge in [0.2, 0.25) is 0 Å². The van der Waals surface area contributed by atoms with Crippen molar-refractivity contribution in [3.05, 3.63) is 0 Å². The molecule has 152 valence electrons. The van der Waals surface area contributed by atoms with Crippen molar-refractivity contribution in [2.75, 3.05) is 39.7 Å². The van der Waals surface area contributed by atoms with Crippen molar-refractivity contribution in [2.24, 2.45) is 0 Å². The summed E-state index contributed by atoms with van der Waals surface area (Å²) >= 11 is 0. The average molecular weight is 400 g/mol. The zero-order valence-electron chi connectivity index (χ0n) is 12.3. The molecule has 25 heavy (non-hydrogen) atoms. The number of alkyl halides is 10. The summed E-state index contributed by atoms with van der Waals surface area (Å²) in [7, 11) is 0. The van der Waals surface area contributed by atoms with Gasteiger partial charge in [-0.05, 0) is 0 Å². The van der Waals surface area contributed by atoms with Crippen molar-refractivity contribution in [3.63, 3.8) is 0 Å². The molecule has 0 spiro atoms. The summed E-state index contributed by atoms with van der Waals surface area (Å²) in [5.41, 5.74) is 0. The Morgan fingerprint density at radius 3 is 1.80 bits per heavy atom. The summed E-state index contributed by atoms with van der Waals surface area (Å²) in [5.74, 6) is -3.57. The van der Waals surface area contributed by atoms with Gasteiger partial charge < -0.3 is 14.2 Å². The Morgan fingerprint density at radius 1 is 0.800 bits per heavy atom. The van der Waals surface area contributed by atoms with Crippen molar-refractivity contribution >= 4 is 0 Å². The third-order valence-corrected chi connectivity index (χ3v) is 2.22. The van der Waals surface area contributed by atoms with Gasteiger partial charge in [-0.25, -0.2) is 17.6 Å². The Labute approximate surface area is 134 Å². The van der Waals surface area contributed by atoms with Crippen LogP contribution in [0.15, 0.2) is 0 Å². The van der Waals surface area contributed by atoms with Gasteiger partial charge in [0.05, 0.1) is 13.2 Å². The fraction of sp³-hybridized carbons (Fsp3) is 1.00. The molecular weight excluding hydrogens is 386 g/mol. The van der Waals surface area contributed by atoms with Gasteiger partial charge in [0.25, 0.3) is 12.3 Å². The van der Waals surface area contributed by atoms with E-state index in [0.717, 1.165) is 0 Å². The number of hydrogen-bond donors (Lipinski definition) is 0. The van der Waals surface area contributed by atoms with Crippen LogP contribution in [0.3, 0.4) is 0 Å². The zero-order chi connectivity index (χ0) is 19.7. The van der Waals surface area contributed by atoms with E-state index in [9.17, 15) is 43.9 Å². The Kier molecular flexibility index (Phi) is 9.97. The van der Waals surface area contributed by atoms with Crippen LogP contribution >= 0.6 is 0 Å². The molecule has 0 bridgehead atoms. The molecule has 14 heteroatoms. The molecule has 0 aliphatic carbocycles. The van der Waals surface area contributed by atoms with Gasteiger partial charge in [-0.2, -0.15) is 13.2 Å². The van der Waals surface area contributed by atoms with Gasteiger partial charge in [0.1, 0.15) is 26.5 Å². The lowest BCUT2D eigenvalue weighted by molar-refractivity contribution is -0.363. The summed E-state index contributed by atoms with van der Waals surface area (Å²) < 4.78 is 139. The minimum Gasteiger partial charge on any atom is -0.373 e. The molecule has 0 amide bonds. The topological polar surface area (TPSA) is 36.9 Å². The van der Waals surface area contributed by atoms with Gasteiger partial charge in [-0.15, -0.1) is 13.2 Å². The first kappa shape index (κ1) is 24.1. The average Bonchev–Trinajstić information content (AvgIpc) is 2.41. The molecule has 0 aliphatic heterocycles. The normalized spacial score (nSPS) is 16.9. The van der Waals surface area contributed by atoms with Crippen LogP contribution in [0.2, 0.25) is 0 Å². The van der Waals surface area contributed by atoms with Gasteiger partial charge in [-0.3, -0.25) is 4.74 Å². The molecule has 0 radical (unpaired) electrons. The maximum Gasteiger partial charge on any atom is 0.522 e. The van der Waals surface area contributed by atoms with Crippen LogP contribution in [0.1, 0.15) is 0 Å². The van der Waals surface area contributed by atoms with Crippen LogP contribution in [0.4, 0.5) is 43.9 Å². The van der Waals surface area contributed by atoms with Crippen molar-refractivity contribution in [2.45, 2.75) is 30.9 Å². The van der Waals surface area contributed by atoms with Crippen molar-refractivity contribution in [1.29, 1.82) is 0 Å². The minimum absolute atomic E-state index is 0.778. The summed E-state index contributed by atoms with van der Waals surface area (Å²) in [5, 5.41) is 0. The molecule has 0 aromatic rings. The zero-order valence-corrected chi connectivity index (χ0v) is 12.3. The molecule has 4 nitrogen and oxygen atoms in total. The van der Waals surface area contributed by atoms with Crippen LogP contribution in [0, 0.1) is 0 Å². The predicted molar refractivity (Wildman–Crippen MR) is 60.4 cm³/mol. The van der Waals surface area contributed by atoms with Crippen LogP contribution in [-0.2, 0) is 18.9 Å². The Hall–Kier alpha value is -0.860. The van der Waals surface area contributed by atoms with Crippen LogP contribution in [0.25, 0.3) is 0 Å². The predicted octanol–water partition coefficient (Wildman–Crippen LogP) is 3.40. The van der Waals surface area contributed by atoms with Crippen molar-refractivity contribution in [1.82, 2.24) is 0 Å². The molecule has 0 rings (SSSR count). The maximum atomic E-state index is 14.3. The molecule has 0 N–H and O–H groups in total. The Balaban J connectivity index is 5.01. The highest BCUT2D eigenvalue weighted by molar-refractivity contribution is 4.76. The fourth-order valence-corrected chi connectivity index (χ4v) is 1.31. The quantitative estimate of drug-likeness (QED) is 0.372. The number of ether oxygens (including phenoxy) is 4. The van der Waals surface area contributed by atoms with Crippen LogP contribution in [-0.4, -0.2) is 70.6 Å².